The summed E-state index contributed by atoms with van der Waals surface area (Å²) in [4.78, 5) is 24.9. The maximum absolute atomic E-state index is 12.1. The number of esters is 1. The van der Waals surface area contributed by atoms with E-state index in [2.05, 4.69) is 5.16 Å². The van der Waals surface area contributed by atoms with Gasteiger partial charge in [-0.05, 0) is 24.6 Å². The van der Waals surface area contributed by atoms with E-state index >= 15 is 0 Å². The van der Waals surface area contributed by atoms with Crippen LogP contribution in [0, 0.1) is 0 Å². The van der Waals surface area contributed by atoms with Gasteiger partial charge in [0.2, 0.25) is 0 Å². The van der Waals surface area contributed by atoms with E-state index in [1.807, 2.05) is 0 Å². The summed E-state index contributed by atoms with van der Waals surface area (Å²) in [6.45, 7) is 2.21. The molecule has 1 aromatic rings. The average molecular weight is 277 g/mol. The zero-order chi connectivity index (χ0) is 14.7. The fourth-order valence-electron chi connectivity index (χ4n) is 2.09. The number of nitrogens with two attached hydrogens (primary N) is 1. The van der Waals surface area contributed by atoms with Crippen molar-refractivity contribution in [3.63, 3.8) is 0 Å². The van der Waals surface area contributed by atoms with Gasteiger partial charge in [0, 0.05) is 17.7 Å². The van der Waals surface area contributed by atoms with Crippen molar-refractivity contribution < 1.29 is 19.5 Å². The van der Waals surface area contributed by atoms with Gasteiger partial charge >= 0.3 is 5.97 Å². The van der Waals surface area contributed by atoms with Crippen LogP contribution < -0.4 is 5.73 Å². The van der Waals surface area contributed by atoms with Gasteiger partial charge in [-0.2, -0.15) is 0 Å². The molecule has 0 saturated heterocycles. The highest BCUT2D eigenvalue weighted by Crippen LogP contribution is 2.23. The van der Waals surface area contributed by atoms with Gasteiger partial charge in [-0.1, -0.05) is 11.2 Å². The molecule has 2 rings (SSSR count). The van der Waals surface area contributed by atoms with Crippen LogP contribution in [0.4, 0.5) is 0 Å². The molecule has 1 heterocycles. The number of fused-ring (bicyclic) bond motifs is 1. The van der Waals surface area contributed by atoms with E-state index in [0.717, 1.165) is 5.56 Å². The highest BCUT2D eigenvalue weighted by Gasteiger charge is 2.29. The Morgan fingerprint density at radius 3 is 2.95 bits per heavy atom. The molecular weight excluding hydrogens is 262 g/mol. The van der Waals surface area contributed by atoms with Gasteiger partial charge in [-0.25, -0.2) is 0 Å². The molecule has 106 valence electrons. The van der Waals surface area contributed by atoms with Gasteiger partial charge in [0.25, 0.3) is 5.91 Å². The Balaban J connectivity index is 2.18. The quantitative estimate of drug-likeness (QED) is 0.271. The Morgan fingerprint density at radius 2 is 2.30 bits per heavy atom. The van der Waals surface area contributed by atoms with Gasteiger partial charge in [-0.15, -0.1) is 0 Å². The van der Waals surface area contributed by atoms with Gasteiger partial charge < -0.3 is 20.6 Å². The minimum atomic E-state index is -0.440. The van der Waals surface area contributed by atoms with Crippen LogP contribution in [0.15, 0.2) is 23.4 Å². The number of oxime groups is 1. The summed E-state index contributed by atoms with van der Waals surface area (Å²) < 4.78 is 4.83. The number of hydrogen-bond acceptors (Lipinski definition) is 5. The zero-order valence-electron chi connectivity index (χ0n) is 11.0. The summed E-state index contributed by atoms with van der Waals surface area (Å²) in [6.07, 6.45) is 0. The summed E-state index contributed by atoms with van der Waals surface area (Å²) >= 11 is 0. The smallest absolute Gasteiger partial charge is 0.325 e. The fraction of sp³-hybridized carbons (Fsp3) is 0.308. The van der Waals surface area contributed by atoms with Crippen LogP contribution in [0.3, 0.4) is 0 Å². The molecule has 3 N–H and O–H groups in total. The van der Waals surface area contributed by atoms with Crippen molar-refractivity contribution >= 4 is 17.7 Å². The van der Waals surface area contributed by atoms with Crippen LogP contribution in [0.25, 0.3) is 0 Å². The number of carbonyl (C=O) groups excluding carboxylic acids is 2. The van der Waals surface area contributed by atoms with E-state index in [9.17, 15) is 9.59 Å². The molecule has 0 radical (unpaired) electrons. The van der Waals surface area contributed by atoms with Crippen molar-refractivity contribution in [1.82, 2.24) is 4.90 Å². The first-order chi connectivity index (χ1) is 9.56. The Kier molecular flexibility index (Phi) is 3.88. The molecule has 0 unspecified atom stereocenters. The van der Waals surface area contributed by atoms with Gasteiger partial charge in [0.05, 0.1) is 6.61 Å². The topological polar surface area (TPSA) is 105 Å². The number of hydrogen-bond donors (Lipinski definition) is 2. The number of ether oxygens (including phenoxy) is 1. The second-order valence-electron chi connectivity index (χ2n) is 4.32. The molecule has 0 bridgehead atoms. The van der Waals surface area contributed by atoms with Crippen molar-refractivity contribution in [2.75, 3.05) is 13.2 Å². The van der Waals surface area contributed by atoms with Crippen molar-refractivity contribution in [2.45, 2.75) is 13.5 Å². The highest BCUT2D eigenvalue weighted by molar-refractivity contribution is 6.02. The van der Waals surface area contributed by atoms with Crippen LogP contribution in [-0.4, -0.2) is 41.0 Å². The molecule has 7 heteroatoms. The van der Waals surface area contributed by atoms with E-state index in [1.165, 1.54) is 4.90 Å². The first-order valence-corrected chi connectivity index (χ1v) is 6.12. The van der Waals surface area contributed by atoms with Crippen LogP contribution >= 0.6 is 0 Å². The van der Waals surface area contributed by atoms with Crippen molar-refractivity contribution in [1.29, 1.82) is 0 Å². The van der Waals surface area contributed by atoms with E-state index in [0.29, 0.717) is 17.7 Å². The molecule has 1 amide bonds. The van der Waals surface area contributed by atoms with Gasteiger partial charge in [-0.3, -0.25) is 9.59 Å². The number of rotatable bonds is 4. The SMILES string of the molecule is CCOC(=O)CN1Cc2cc(C(N)=NO)ccc2C1=O. The van der Waals surface area contributed by atoms with Crippen molar-refractivity contribution in [3.8, 4) is 0 Å². The monoisotopic (exact) mass is 277 g/mol. The van der Waals surface area contributed by atoms with Gasteiger partial charge in [0.1, 0.15) is 6.54 Å². The van der Waals surface area contributed by atoms with E-state index in [-0.39, 0.29) is 24.9 Å². The third-order valence-electron chi connectivity index (χ3n) is 3.01. The van der Waals surface area contributed by atoms with E-state index in [1.54, 1.807) is 25.1 Å². The lowest BCUT2D eigenvalue weighted by Gasteiger charge is -2.13. The highest BCUT2D eigenvalue weighted by atomic mass is 16.5. The molecule has 0 saturated carbocycles. The lowest BCUT2D eigenvalue weighted by molar-refractivity contribution is -0.143. The summed E-state index contributed by atoms with van der Waals surface area (Å²) in [7, 11) is 0. The van der Waals surface area contributed by atoms with E-state index in [4.69, 9.17) is 15.7 Å². The summed E-state index contributed by atoms with van der Waals surface area (Å²) in [5.41, 5.74) is 7.29. The summed E-state index contributed by atoms with van der Waals surface area (Å²) in [5, 5.41) is 11.6. The normalized spacial score (nSPS) is 14.3. The van der Waals surface area contributed by atoms with Crippen molar-refractivity contribution in [2.24, 2.45) is 10.9 Å². The Hall–Kier alpha value is -2.57. The second kappa shape index (κ2) is 5.60. The largest absolute Gasteiger partial charge is 0.465 e. The number of amides is 1. The molecule has 1 aliphatic heterocycles. The average Bonchev–Trinajstić information content (AvgIpc) is 2.74. The van der Waals surface area contributed by atoms with Crippen LogP contribution in [-0.2, 0) is 16.1 Å². The summed E-state index contributed by atoms with van der Waals surface area (Å²) in [5.74, 6) is -0.687. The minimum Gasteiger partial charge on any atom is -0.465 e. The lowest BCUT2D eigenvalue weighted by Crippen LogP contribution is -2.31. The van der Waals surface area contributed by atoms with Crippen LogP contribution in [0.5, 0.6) is 0 Å². The Bertz CT molecular complexity index is 583. The lowest BCUT2D eigenvalue weighted by atomic mass is 10.1. The molecule has 0 aliphatic carbocycles. The molecular formula is C13H15N3O4. The zero-order valence-corrected chi connectivity index (χ0v) is 11.0. The molecule has 0 atom stereocenters. The Labute approximate surface area is 115 Å². The number of benzene rings is 1. The first kappa shape index (κ1) is 13.9. The predicted molar refractivity (Wildman–Crippen MR) is 70.3 cm³/mol. The maximum atomic E-state index is 12.1. The molecule has 0 fully saturated rings. The molecule has 20 heavy (non-hydrogen) atoms. The van der Waals surface area contributed by atoms with E-state index < -0.39 is 5.97 Å². The van der Waals surface area contributed by atoms with Crippen LogP contribution in [0.1, 0.15) is 28.4 Å². The number of carbonyl (C=O) groups is 2. The molecule has 0 aromatic heterocycles. The third-order valence-corrected chi connectivity index (χ3v) is 3.01. The standard InChI is InChI=1S/C13H15N3O4/c1-2-20-11(17)7-16-6-9-5-8(12(14)15-19)3-4-10(9)13(16)18/h3-5,19H,2,6-7H2,1H3,(H2,14,15). The second-order valence-corrected chi connectivity index (χ2v) is 4.32. The summed E-state index contributed by atoms with van der Waals surface area (Å²) in [6, 6.07) is 4.88. The van der Waals surface area contributed by atoms with Crippen LogP contribution in [0.2, 0.25) is 0 Å². The fourth-order valence-corrected chi connectivity index (χ4v) is 2.09. The Morgan fingerprint density at radius 1 is 1.55 bits per heavy atom. The number of amidine groups is 1. The minimum absolute atomic E-state index is 0.0240. The maximum Gasteiger partial charge on any atom is 0.325 e. The molecule has 1 aromatic carbocycles. The molecule has 7 nitrogen and oxygen atoms in total. The molecule has 1 aliphatic rings. The van der Waals surface area contributed by atoms with Crippen molar-refractivity contribution in [3.05, 3.63) is 34.9 Å². The third kappa shape index (κ3) is 2.56. The number of nitrogens with zero attached hydrogens (tertiary/aromatic N) is 2. The predicted octanol–water partition coefficient (Wildman–Crippen LogP) is 0.300. The first-order valence-electron chi connectivity index (χ1n) is 6.12. The van der Waals surface area contributed by atoms with Gasteiger partial charge in [0.15, 0.2) is 5.84 Å². The molecule has 0 spiro atoms.